The van der Waals surface area contributed by atoms with Crippen molar-refractivity contribution in [1.82, 2.24) is 10.3 Å². The van der Waals surface area contributed by atoms with E-state index >= 15 is 0 Å². The molecule has 4 nitrogen and oxygen atoms in total. The third-order valence-corrected chi connectivity index (χ3v) is 5.17. The van der Waals surface area contributed by atoms with Crippen molar-refractivity contribution < 1.29 is 5.11 Å². The van der Waals surface area contributed by atoms with Crippen LogP contribution in [0.2, 0.25) is 0 Å². The number of aromatic nitrogens is 1. The van der Waals surface area contributed by atoms with Gasteiger partial charge in [0.05, 0.1) is 23.7 Å². The van der Waals surface area contributed by atoms with E-state index < -0.39 is 0 Å². The number of fused-ring (bicyclic) bond motifs is 1. The van der Waals surface area contributed by atoms with Gasteiger partial charge in [-0.15, -0.1) is 0 Å². The van der Waals surface area contributed by atoms with E-state index in [9.17, 15) is 5.11 Å². The smallest absolute Gasteiger partial charge is 0.0588 e. The van der Waals surface area contributed by atoms with Crippen molar-refractivity contribution in [2.75, 3.05) is 24.5 Å². The van der Waals surface area contributed by atoms with Crippen molar-refractivity contribution in [3.8, 4) is 0 Å². The average molecular weight is 289 g/mol. The number of aliphatic hydroxyl groups excluding tert-OH is 1. The van der Waals surface area contributed by atoms with Gasteiger partial charge >= 0.3 is 0 Å². The quantitative estimate of drug-likeness (QED) is 0.873. The maximum Gasteiger partial charge on any atom is 0.0588 e. The second-order valence-electron chi connectivity index (χ2n) is 6.43. The van der Waals surface area contributed by atoms with Crippen LogP contribution in [0.15, 0.2) is 18.3 Å². The van der Waals surface area contributed by atoms with E-state index in [1.54, 1.807) is 0 Å². The third-order valence-electron chi connectivity index (χ3n) is 5.17. The van der Waals surface area contributed by atoms with Crippen molar-refractivity contribution in [2.45, 2.75) is 45.3 Å². The Kier molecular flexibility index (Phi) is 4.45. The van der Waals surface area contributed by atoms with Crippen molar-refractivity contribution in [3.05, 3.63) is 24.0 Å². The molecule has 1 saturated carbocycles. The summed E-state index contributed by atoms with van der Waals surface area (Å²) in [6.45, 7) is 7.34. The molecule has 3 rings (SSSR count). The minimum atomic E-state index is -0.0922. The molecular weight excluding hydrogens is 262 g/mol. The average Bonchev–Trinajstić information content (AvgIpc) is 3.08. The second kappa shape index (κ2) is 6.32. The van der Waals surface area contributed by atoms with E-state index in [-0.39, 0.29) is 6.10 Å². The second-order valence-corrected chi connectivity index (χ2v) is 6.43. The summed E-state index contributed by atoms with van der Waals surface area (Å²) >= 11 is 0. The molecule has 0 amide bonds. The predicted octanol–water partition coefficient (Wildman–Crippen LogP) is 2.35. The van der Waals surface area contributed by atoms with Crippen LogP contribution in [0, 0.1) is 11.8 Å². The number of hydrogen-bond acceptors (Lipinski definition) is 4. The first-order chi connectivity index (χ1) is 10.2. The number of nitrogens with zero attached hydrogens (tertiary/aromatic N) is 2. The molecule has 0 spiro atoms. The Morgan fingerprint density at radius 1 is 1.33 bits per heavy atom. The fourth-order valence-corrected chi connectivity index (χ4v) is 3.94. The maximum absolute atomic E-state index is 10.0. The zero-order valence-corrected chi connectivity index (χ0v) is 13.1. The summed E-state index contributed by atoms with van der Waals surface area (Å²) in [5.74, 6) is 1.14. The number of pyridine rings is 1. The molecule has 1 saturated heterocycles. The van der Waals surface area contributed by atoms with Gasteiger partial charge in [-0.25, -0.2) is 0 Å². The first-order valence-corrected chi connectivity index (χ1v) is 8.35. The molecule has 2 aliphatic rings. The highest BCUT2D eigenvalue weighted by Gasteiger charge is 2.41. The molecule has 1 aromatic rings. The molecule has 21 heavy (non-hydrogen) atoms. The zero-order valence-electron chi connectivity index (χ0n) is 13.1. The summed E-state index contributed by atoms with van der Waals surface area (Å²) < 4.78 is 0. The fourth-order valence-electron chi connectivity index (χ4n) is 3.94. The number of rotatable bonds is 5. The standard InChI is InChI=1S/C17H27N3O/c1-3-15(18-4-2)16-7-6-13(9-19-16)20-10-12-5-8-17(21)14(12)11-20/h6-7,9,12,14-15,17-18,21H,3-5,8,10-11H2,1-2H3. The number of hydrogen-bond donors (Lipinski definition) is 2. The topological polar surface area (TPSA) is 48.4 Å². The fraction of sp³-hybridized carbons (Fsp3) is 0.706. The molecule has 4 unspecified atom stereocenters. The molecule has 2 heterocycles. The van der Waals surface area contributed by atoms with Gasteiger partial charge in [0.15, 0.2) is 0 Å². The van der Waals surface area contributed by atoms with Gasteiger partial charge in [0.2, 0.25) is 0 Å². The Balaban J connectivity index is 1.67. The Labute approximate surface area is 127 Å². The number of nitrogens with one attached hydrogen (secondary N) is 1. The van der Waals surface area contributed by atoms with Crippen LogP contribution in [0.25, 0.3) is 0 Å². The van der Waals surface area contributed by atoms with Crippen LogP contribution in [0.3, 0.4) is 0 Å². The molecule has 2 fully saturated rings. The SMILES string of the molecule is CCNC(CC)c1ccc(N2CC3CCC(O)C3C2)cn1. The lowest BCUT2D eigenvalue weighted by molar-refractivity contribution is 0.133. The van der Waals surface area contributed by atoms with Crippen LogP contribution in [0.1, 0.15) is 44.8 Å². The monoisotopic (exact) mass is 289 g/mol. The summed E-state index contributed by atoms with van der Waals surface area (Å²) in [4.78, 5) is 7.05. The Hall–Kier alpha value is -1.13. The molecule has 2 N–H and O–H groups in total. The molecule has 0 bridgehead atoms. The molecule has 1 aromatic heterocycles. The minimum Gasteiger partial charge on any atom is -0.393 e. The van der Waals surface area contributed by atoms with Crippen molar-refractivity contribution in [2.24, 2.45) is 11.8 Å². The van der Waals surface area contributed by atoms with E-state index in [0.29, 0.717) is 17.9 Å². The van der Waals surface area contributed by atoms with Gasteiger partial charge in [0, 0.05) is 25.0 Å². The van der Waals surface area contributed by atoms with E-state index in [1.807, 2.05) is 6.20 Å². The molecule has 1 aliphatic carbocycles. The van der Waals surface area contributed by atoms with Crippen LogP contribution < -0.4 is 10.2 Å². The molecule has 0 radical (unpaired) electrons. The van der Waals surface area contributed by atoms with E-state index in [0.717, 1.165) is 38.2 Å². The van der Waals surface area contributed by atoms with Gasteiger partial charge in [0.1, 0.15) is 0 Å². The van der Waals surface area contributed by atoms with Crippen LogP contribution in [-0.2, 0) is 0 Å². The van der Waals surface area contributed by atoms with E-state index in [2.05, 4.69) is 41.2 Å². The minimum absolute atomic E-state index is 0.0922. The summed E-state index contributed by atoms with van der Waals surface area (Å²) in [6.07, 6.45) is 5.13. The lowest BCUT2D eigenvalue weighted by Gasteiger charge is -2.21. The van der Waals surface area contributed by atoms with Gasteiger partial charge in [-0.2, -0.15) is 0 Å². The van der Waals surface area contributed by atoms with Gasteiger partial charge in [-0.05, 0) is 43.9 Å². The van der Waals surface area contributed by atoms with Crippen LogP contribution in [-0.4, -0.2) is 35.8 Å². The molecule has 4 heteroatoms. The van der Waals surface area contributed by atoms with Crippen LogP contribution in [0.5, 0.6) is 0 Å². The van der Waals surface area contributed by atoms with E-state index in [1.165, 1.54) is 12.1 Å². The molecule has 1 aliphatic heterocycles. The number of anilines is 1. The Morgan fingerprint density at radius 2 is 2.19 bits per heavy atom. The molecular formula is C17H27N3O. The van der Waals surface area contributed by atoms with Gasteiger partial charge < -0.3 is 15.3 Å². The third kappa shape index (κ3) is 2.92. The Bertz CT molecular complexity index is 462. The zero-order chi connectivity index (χ0) is 14.8. The number of aliphatic hydroxyl groups is 1. The largest absolute Gasteiger partial charge is 0.393 e. The summed E-state index contributed by atoms with van der Waals surface area (Å²) in [6, 6.07) is 4.69. The summed E-state index contributed by atoms with van der Waals surface area (Å²) in [5, 5.41) is 13.5. The first kappa shape index (κ1) is 14.8. The maximum atomic E-state index is 10.0. The van der Waals surface area contributed by atoms with E-state index in [4.69, 9.17) is 0 Å². The van der Waals surface area contributed by atoms with Gasteiger partial charge in [-0.3, -0.25) is 4.98 Å². The Morgan fingerprint density at radius 3 is 2.81 bits per heavy atom. The van der Waals surface area contributed by atoms with Crippen LogP contribution in [0.4, 0.5) is 5.69 Å². The first-order valence-electron chi connectivity index (χ1n) is 8.35. The van der Waals surface area contributed by atoms with Gasteiger partial charge in [0.25, 0.3) is 0 Å². The predicted molar refractivity (Wildman–Crippen MR) is 85.4 cm³/mol. The molecule has 0 aromatic carbocycles. The molecule has 4 atom stereocenters. The highest BCUT2D eigenvalue weighted by molar-refractivity contribution is 5.46. The summed E-state index contributed by atoms with van der Waals surface area (Å²) in [7, 11) is 0. The van der Waals surface area contributed by atoms with Gasteiger partial charge in [-0.1, -0.05) is 13.8 Å². The highest BCUT2D eigenvalue weighted by Crippen LogP contribution is 2.39. The van der Waals surface area contributed by atoms with Crippen molar-refractivity contribution in [1.29, 1.82) is 0 Å². The molecule has 116 valence electrons. The van der Waals surface area contributed by atoms with Crippen LogP contribution >= 0.6 is 0 Å². The normalized spacial score (nSPS) is 29.7. The lowest BCUT2D eigenvalue weighted by atomic mass is 10.00. The highest BCUT2D eigenvalue weighted by atomic mass is 16.3. The lowest BCUT2D eigenvalue weighted by Crippen LogP contribution is -2.25. The summed E-state index contributed by atoms with van der Waals surface area (Å²) in [5.41, 5.74) is 2.33. The van der Waals surface area contributed by atoms with Crippen molar-refractivity contribution in [3.63, 3.8) is 0 Å². The van der Waals surface area contributed by atoms with Crippen molar-refractivity contribution >= 4 is 5.69 Å².